The van der Waals surface area contributed by atoms with Crippen molar-refractivity contribution in [3.8, 4) is 5.75 Å². The van der Waals surface area contributed by atoms with Gasteiger partial charge in [0.25, 0.3) is 5.89 Å². The summed E-state index contributed by atoms with van der Waals surface area (Å²) in [5, 5.41) is 7.24. The summed E-state index contributed by atoms with van der Waals surface area (Å²) in [5.41, 5.74) is 1.11. The number of nitrogens with one attached hydrogen (secondary N) is 1. The number of aromatic nitrogens is 2. The molecule has 0 spiro atoms. The molecule has 2 aromatic rings. The van der Waals surface area contributed by atoms with Gasteiger partial charge < -0.3 is 19.3 Å². The maximum atomic E-state index is 5.58. The first-order valence-electron chi connectivity index (χ1n) is 6.63. The lowest BCUT2D eigenvalue weighted by atomic mass is 10.1. The first-order chi connectivity index (χ1) is 9.85. The fraction of sp³-hybridized carbons (Fsp3) is 0.429. The van der Waals surface area contributed by atoms with Crippen molar-refractivity contribution in [3.05, 3.63) is 41.5 Å². The van der Waals surface area contributed by atoms with E-state index >= 15 is 0 Å². The maximum Gasteiger partial charge on any atom is 0.257 e. The number of benzene rings is 1. The molecule has 1 aliphatic rings. The number of morpholine rings is 1. The van der Waals surface area contributed by atoms with Crippen molar-refractivity contribution in [2.75, 3.05) is 26.8 Å². The zero-order valence-electron chi connectivity index (χ0n) is 11.7. The van der Waals surface area contributed by atoms with Crippen LogP contribution in [0.15, 0.2) is 28.8 Å². The topological polar surface area (TPSA) is 69.4 Å². The van der Waals surface area contributed by atoms with Gasteiger partial charge in [0, 0.05) is 19.5 Å². The van der Waals surface area contributed by atoms with Gasteiger partial charge >= 0.3 is 0 Å². The van der Waals surface area contributed by atoms with E-state index in [1.807, 2.05) is 24.3 Å². The number of methoxy groups -OCH3 is 1. The van der Waals surface area contributed by atoms with Crippen molar-refractivity contribution in [1.29, 1.82) is 0 Å². The fourth-order valence-corrected chi connectivity index (χ4v) is 2.12. The molecule has 0 unspecified atom stereocenters. The van der Waals surface area contributed by atoms with Crippen LogP contribution in [0.4, 0.5) is 0 Å². The molecule has 0 aliphatic carbocycles. The SMILES string of the molecule is COc1ccc(Cc2noc([C@@H]3CNCCO3)n2)cc1.Cl. The quantitative estimate of drug-likeness (QED) is 0.927. The largest absolute Gasteiger partial charge is 0.497 e. The molecule has 0 bridgehead atoms. The molecule has 1 saturated heterocycles. The monoisotopic (exact) mass is 311 g/mol. The predicted molar refractivity (Wildman–Crippen MR) is 78.9 cm³/mol. The van der Waals surface area contributed by atoms with Gasteiger partial charge in [-0.05, 0) is 17.7 Å². The van der Waals surface area contributed by atoms with Crippen molar-refractivity contribution in [1.82, 2.24) is 15.5 Å². The molecule has 1 fully saturated rings. The van der Waals surface area contributed by atoms with E-state index in [1.165, 1.54) is 0 Å². The lowest BCUT2D eigenvalue weighted by molar-refractivity contribution is 0.00755. The van der Waals surface area contributed by atoms with E-state index in [0.717, 1.165) is 17.9 Å². The molecule has 1 N–H and O–H groups in total. The first-order valence-corrected chi connectivity index (χ1v) is 6.63. The maximum absolute atomic E-state index is 5.58. The van der Waals surface area contributed by atoms with Gasteiger partial charge in [0.2, 0.25) is 0 Å². The molecule has 1 atom stereocenters. The molecule has 0 saturated carbocycles. The van der Waals surface area contributed by atoms with Crippen LogP contribution in [-0.4, -0.2) is 36.9 Å². The molecule has 1 aromatic carbocycles. The van der Waals surface area contributed by atoms with Crippen LogP contribution in [0.25, 0.3) is 0 Å². The van der Waals surface area contributed by atoms with Crippen molar-refractivity contribution >= 4 is 12.4 Å². The van der Waals surface area contributed by atoms with Crippen LogP contribution in [0.1, 0.15) is 23.4 Å². The van der Waals surface area contributed by atoms with Gasteiger partial charge in [0.05, 0.1) is 13.7 Å². The number of ether oxygens (including phenoxy) is 2. The van der Waals surface area contributed by atoms with Gasteiger partial charge in [0.15, 0.2) is 5.82 Å². The second-order valence-corrected chi connectivity index (χ2v) is 4.64. The number of nitrogens with zero attached hydrogens (tertiary/aromatic N) is 2. The third kappa shape index (κ3) is 3.93. The Labute approximate surface area is 129 Å². The average molecular weight is 312 g/mol. The van der Waals surface area contributed by atoms with Crippen molar-refractivity contribution in [2.24, 2.45) is 0 Å². The second kappa shape index (κ2) is 7.40. The van der Waals surface area contributed by atoms with E-state index in [9.17, 15) is 0 Å². The van der Waals surface area contributed by atoms with Crippen molar-refractivity contribution in [3.63, 3.8) is 0 Å². The average Bonchev–Trinajstić information content (AvgIpc) is 2.97. The van der Waals surface area contributed by atoms with E-state index < -0.39 is 0 Å². The fourth-order valence-electron chi connectivity index (χ4n) is 2.12. The van der Waals surface area contributed by atoms with Crippen LogP contribution in [-0.2, 0) is 11.2 Å². The van der Waals surface area contributed by atoms with Gasteiger partial charge in [-0.25, -0.2) is 0 Å². The third-order valence-electron chi connectivity index (χ3n) is 3.21. The zero-order chi connectivity index (χ0) is 13.8. The van der Waals surface area contributed by atoms with Gasteiger partial charge in [-0.1, -0.05) is 17.3 Å². The van der Waals surface area contributed by atoms with Gasteiger partial charge in [-0.3, -0.25) is 0 Å². The Balaban J connectivity index is 0.00000161. The predicted octanol–water partition coefficient (Wildman–Crippen LogP) is 1.75. The van der Waals surface area contributed by atoms with Crippen LogP contribution in [0, 0.1) is 0 Å². The summed E-state index contributed by atoms with van der Waals surface area (Å²) in [7, 11) is 1.65. The van der Waals surface area contributed by atoms with Crippen LogP contribution in [0.5, 0.6) is 5.75 Å². The summed E-state index contributed by atoms with van der Waals surface area (Å²) in [6.45, 7) is 2.24. The number of rotatable bonds is 4. The lowest BCUT2D eigenvalue weighted by Crippen LogP contribution is -2.33. The molecule has 3 rings (SSSR count). The minimum atomic E-state index is -0.138. The highest BCUT2D eigenvalue weighted by Gasteiger charge is 2.22. The standard InChI is InChI=1S/C14H17N3O3.ClH/c1-18-11-4-2-10(3-5-11)8-13-16-14(20-17-13)12-9-15-6-7-19-12;/h2-5,12,15H,6-9H2,1H3;1H/t12-;/m0./s1. The van der Waals surface area contributed by atoms with E-state index in [0.29, 0.717) is 31.3 Å². The summed E-state index contributed by atoms with van der Waals surface area (Å²) in [5.74, 6) is 2.05. The van der Waals surface area contributed by atoms with Crippen LogP contribution in [0.3, 0.4) is 0 Å². The van der Waals surface area contributed by atoms with Gasteiger partial charge in [-0.15, -0.1) is 12.4 Å². The molecular formula is C14H18ClN3O3. The van der Waals surface area contributed by atoms with E-state index in [1.54, 1.807) is 7.11 Å². The summed E-state index contributed by atoms with van der Waals surface area (Å²) < 4.78 is 16.0. The van der Waals surface area contributed by atoms with E-state index in [-0.39, 0.29) is 18.5 Å². The number of hydrogen-bond acceptors (Lipinski definition) is 6. The molecule has 0 radical (unpaired) electrons. The summed E-state index contributed by atoms with van der Waals surface area (Å²) in [6, 6.07) is 7.83. The highest BCUT2D eigenvalue weighted by molar-refractivity contribution is 5.85. The molecule has 7 heteroatoms. The van der Waals surface area contributed by atoms with Crippen LogP contribution in [0.2, 0.25) is 0 Å². The van der Waals surface area contributed by atoms with Crippen LogP contribution >= 0.6 is 12.4 Å². The minimum Gasteiger partial charge on any atom is -0.497 e. The molecule has 6 nitrogen and oxygen atoms in total. The van der Waals surface area contributed by atoms with Gasteiger partial charge in [-0.2, -0.15) is 4.98 Å². The Hall–Kier alpha value is -1.63. The lowest BCUT2D eigenvalue weighted by Gasteiger charge is -2.19. The summed E-state index contributed by atoms with van der Waals surface area (Å²) >= 11 is 0. The Morgan fingerprint density at radius 2 is 2.14 bits per heavy atom. The van der Waals surface area contributed by atoms with Crippen LogP contribution < -0.4 is 10.1 Å². The Bertz CT molecular complexity index is 553. The van der Waals surface area contributed by atoms with Crippen molar-refractivity contribution < 1.29 is 14.0 Å². The highest BCUT2D eigenvalue weighted by Crippen LogP contribution is 2.18. The molecule has 1 aromatic heterocycles. The Morgan fingerprint density at radius 1 is 1.33 bits per heavy atom. The Kier molecular flexibility index (Phi) is 5.55. The minimum absolute atomic E-state index is 0. The normalized spacial score (nSPS) is 18.0. The molecule has 114 valence electrons. The first kappa shape index (κ1) is 15.8. The molecular weight excluding hydrogens is 294 g/mol. The molecule has 1 aliphatic heterocycles. The van der Waals surface area contributed by atoms with Crippen molar-refractivity contribution in [2.45, 2.75) is 12.5 Å². The van der Waals surface area contributed by atoms with Gasteiger partial charge in [0.1, 0.15) is 11.9 Å². The van der Waals surface area contributed by atoms with E-state index in [4.69, 9.17) is 14.0 Å². The second-order valence-electron chi connectivity index (χ2n) is 4.64. The molecule has 21 heavy (non-hydrogen) atoms. The number of hydrogen-bond donors (Lipinski definition) is 1. The smallest absolute Gasteiger partial charge is 0.257 e. The summed E-state index contributed by atoms with van der Waals surface area (Å²) in [6.07, 6.45) is 0.494. The zero-order valence-corrected chi connectivity index (χ0v) is 12.6. The summed E-state index contributed by atoms with van der Waals surface area (Å²) in [4.78, 5) is 4.40. The number of halogens is 1. The molecule has 2 heterocycles. The third-order valence-corrected chi connectivity index (χ3v) is 3.21. The molecule has 0 amide bonds. The Morgan fingerprint density at radius 3 is 2.81 bits per heavy atom. The van der Waals surface area contributed by atoms with E-state index in [2.05, 4.69) is 15.5 Å². The highest BCUT2D eigenvalue weighted by atomic mass is 35.5.